The van der Waals surface area contributed by atoms with Gasteiger partial charge in [0.2, 0.25) is 0 Å². The Morgan fingerprint density at radius 1 is 1.38 bits per heavy atom. The second-order valence-electron chi connectivity index (χ2n) is 5.53. The van der Waals surface area contributed by atoms with Gasteiger partial charge in [0.15, 0.2) is 0 Å². The highest BCUT2D eigenvalue weighted by Crippen LogP contribution is 2.21. The van der Waals surface area contributed by atoms with Gasteiger partial charge in [0.05, 0.1) is 6.10 Å². The predicted molar refractivity (Wildman–Crippen MR) is 67.4 cm³/mol. The van der Waals surface area contributed by atoms with Crippen LogP contribution in [-0.2, 0) is 0 Å². The maximum absolute atomic E-state index is 9.41. The number of aliphatic hydroxyl groups is 1. The maximum atomic E-state index is 9.41. The fourth-order valence-electron chi connectivity index (χ4n) is 2.52. The summed E-state index contributed by atoms with van der Waals surface area (Å²) in [4.78, 5) is 4.86. The summed E-state index contributed by atoms with van der Waals surface area (Å²) in [5.41, 5.74) is 5.75. The zero-order valence-electron chi connectivity index (χ0n) is 10.9. The largest absolute Gasteiger partial charge is 0.392 e. The van der Waals surface area contributed by atoms with Gasteiger partial charge in [-0.15, -0.1) is 0 Å². The summed E-state index contributed by atoms with van der Waals surface area (Å²) in [5, 5.41) is 9.41. The van der Waals surface area contributed by atoms with Crippen molar-refractivity contribution in [2.45, 2.75) is 38.8 Å². The predicted octanol–water partition coefficient (Wildman–Crippen LogP) is 0.112. The van der Waals surface area contributed by atoms with E-state index in [1.165, 1.54) is 0 Å². The van der Waals surface area contributed by atoms with E-state index in [-0.39, 0.29) is 11.6 Å². The SMILES string of the molecule is CC(O)CN1CCN(CCCN)C(C)(C)C1. The topological polar surface area (TPSA) is 52.7 Å². The molecule has 0 spiro atoms. The lowest BCUT2D eigenvalue weighted by Gasteiger charge is -2.47. The number of hydrogen-bond acceptors (Lipinski definition) is 4. The molecule has 0 saturated carbocycles. The molecule has 1 aliphatic rings. The van der Waals surface area contributed by atoms with Crippen LogP contribution in [0.4, 0.5) is 0 Å². The highest BCUT2D eigenvalue weighted by atomic mass is 16.3. The lowest BCUT2D eigenvalue weighted by atomic mass is 9.98. The fraction of sp³-hybridized carbons (Fsp3) is 1.00. The fourth-order valence-corrected chi connectivity index (χ4v) is 2.52. The molecule has 3 N–H and O–H groups in total. The standard InChI is InChI=1S/C12H27N3O/c1-11(16)9-14-7-8-15(6-4-5-13)12(2,3)10-14/h11,16H,4-10,13H2,1-3H3. The van der Waals surface area contributed by atoms with Crippen molar-refractivity contribution in [3.05, 3.63) is 0 Å². The molecule has 0 aromatic carbocycles. The van der Waals surface area contributed by atoms with Crippen LogP contribution in [0.3, 0.4) is 0 Å². The van der Waals surface area contributed by atoms with Crippen molar-refractivity contribution in [2.24, 2.45) is 5.73 Å². The Bertz CT molecular complexity index is 206. The van der Waals surface area contributed by atoms with E-state index < -0.39 is 0 Å². The minimum absolute atomic E-state index is 0.197. The van der Waals surface area contributed by atoms with E-state index in [1.54, 1.807) is 0 Å². The second-order valence-corrected chi connectivity index (χ2v) is 5.53. The lowest BCUT2D eigenvalue weighted by molar-refractivity contribution is 0.00243. The summed E-state index contributed by atoms with van der Waals surface area (Å²) in [6, 6.07) is 0. The summed E-state index contributed by atoms with van der Waals surface area (Å²) in [6.07, 6.45) is 0.839. The van der Waals surface area contributed by atoms with Gasteiger partial charge < -0.3 is 10.8 Å². The van der Waals surface area contributed by atoms with Gasteiger partial charge in [-0.3, -0.25) is 9.80 Å². The van der Waals surface area contributed by atoms with Crippen molar-refractivity contribution in [2.75, 3.05) is 39.3 Å². The Labute approximate surface area is 99.4 Å². The third kappa shape index (κ3) is 4.01. The molecule has 4 nitrogen and oxygen atoms in total. The van der Waals surface area contributed by atoms with Crippen LogP contribution < -0.4 is 5.73 Å². The molecule has 16 heavy (non-hydrogen) atoms. The number of piperazine rings is 1. The summed E-state index contributed by atoms with van der Waals surface area (Å²) >= 11 is 0. The third-order valence-electron chi connectivity index (χ3n) is 3.31. The lowest BCUT2D eigenvalue weighted by Crippen LogP contribution is -2.60. The molecule has 1 atom stereocenters. The van der Waals surface area contributed by atoms with Crippen molar-refractivity contribution >= 4 is 0 Å². The van der Waals surface area contributed by atoms with E-state index >= 15 is 0 Å². The van der Waals surface area contributed by atoms with Gasteiger partial charge in [-0.25, -0.2) is 0 Å². The Kier molecular flexibility index (Phi) is 5.18. The highest BCUT2D eigenvalue weighted by Gasteiger charge is 2.33. The van der Waals surface area contributed by atoms with Gasteiger partial charge in [-0.05, 0) is 40.3 Å². The van der Waals surface area contributed by atoms with Gasteiger partial charge in [-0.2, -0.15) is 0 Å². The second kappa shape index (κ2) is 5.96. The van der Waals surface area contributed by atoms with Gasteiger partial charge in [0.1, 0.15) is 0 Å². The van der Waals surface area contributed by atoms with Crippen molar-refractivity contribution in [3.63, 3.8) is 0 Å². The van der Waals surface area contributed by atoms with Gasteiger partial charge in [0, 0.05) is 31.7 Å². The van der Waals surface area contributed by atoms with Crippen LogP contribution in [0.25, 0.3) is 0 Å². The third-order valence-corrected chi connectivity index (χ3v) is 3.31. The Balaban J connectivity index is 2.45. The number of aliphatic hydroxyl groups excluding tert-OH is 1. The molecule has 0 amide bonds. The molecule has 1 fully saturated rings. The first kappa shape index (κ1) is 13.9. The molecule has 1 heterocycles. The summed E-state index contributed by atoms with van der Waals surface area (Å²) < 4.78 is 0. The molecule has 0 aromatic rings. The van der Waals surface area contributed by atoms with E-state index in [0.29, 0.717) is 0 Å². The maximum Gasteiger partial charge on any atom is 0.0639 e. The van der Waals surface area contributed by atoms with Gasteiger partial charge >= 0.3 is 0 Å². The number of nitrogens with two attached hydrogens (primary N) is 1. The first-order chi connectivity index (χ1) is 7.45. The summed E-state index contributed by atoms with van der Waals surface area (Å²) in [5.74, 6) is 0. The quantitative estimate of drug-likeness (QED) is 0.703. The number of rotatable bonds is 5. The van der Waals surface area contributed by atoms with Crippen LogP contribution in [0.15, 0.2) is 0 Å². The molecule has 1 saturated heterocycles. The minimum Gasteiger partial charge on any atom is -0.392 e. The number of β-amino-alcohol motifs (C(OH)–C–C–N with tert-alkyl or cyclic N) is 1. The van der Waals surface area contributed by atoms with Crippen LogP contribution in [0.2, 0.25) is 0 Å². The minimum atomic E-state index is -0.230. The summed E-state index contributed by atoms with van der Waals surface area (Å²) in [6.45, 7) is 12.2. The Morgan fingerprint density at radius 2 is 2.06 bits per heavy atom. The van der Waals surface area contributed by atoms with Gasteiger partial charge in [-0.1, -0.05) is 0 Å². The smallest absolute Gasteiger partial charge is 0.0639 e. The first-order valence-corrected chi connectivity index (χ1v) is 6.31. The van der Waals surface area contributed by atoms with Crippen LogP contribution in [-0.4, -0.2) is 65.8 Å². The molecule has 1 aliphatic heterocycles. The molecule has 0 bridgehead atoms. The highest BCUT2D eigenvalue weighted by molar-refractivity contribution is 4.90. The monoisotopic (exact) mass is 229 g/mol. The van der Waals surface area contributed by atoms with Crippen molar-refractivity contribution < 1.29 is 5.11 Å². The zero-order valence-corrected chi connectivity index (χ0v) is 10.9. The first-order valence-electron chi connectivity index (χ1n) is 6.31. The molecule has 1 unspecified atom stereocenters. The van der Waals surface area contributed by atoms with Crippen molar-refractivity contribution in [3.8, 4) is 0 Å². The van der Waals surface area contributed by atoms with Crippen LogP contribution in [0.1, 0.15) is 27.2 Å². The Hall–Kier alpha value is -0.160. The molecule has 4 heteroatoms. The van der Waals surface area contributed by atoms with E-state index in [2.05, 4.69) is 23.6 Å². The van der Waals surface area contributed by atoms with Crippen LogP contribution >= 0.6 is 0 Å². The van der Waals surface area contributed by atoms with E-state index in [1.807, 2.05) is 6.92 Å². The molecule has 0 aromatic heterocycles. The Morgan fingerprint density at radius 3 is 2.56 bits per heavy atom. The van der Waals surface area contributed by atoms with E-state index in [9.17, 15) is 5.11 Å². The summed E-state index contributed by atoms with van der Waals surface area (Å²) in [7, 11) is 0. The van der Waals surface area contributed by atoms with Crippen molar-refractivity contribution in [1.29, 1.82) is 0 Å². The number of hydrogen-bond donors (Lipinski definition) is 2. The average molecular weight is 229 g/mol. The van der Waals surface area contributed by atoms with Crippen LogP contribution in [0, 0.1) is 0 Å². The van der Waals surface area contributed by atoms with E-state index in [4.69, 9.17) is 5.73 Å². The molecule has 1 rings (SSSR count). The van der Waals surface area contributed by atoms with Crippen LogP contribution in [0.5, 0.6) is 0 Å². The molecule has 0 aliphatic carbocycles. The average Bonchev–Trinajstić information content (AvgIpc) is 2.14. The number of nitrogens with zero attached hydrogens (tertiary/aromatic N) is 2. The molecule has 0 radical (unpaired) electrons. The zero-order chi connectivity index (χ0) is 12.2. The molecular formula is C12H27N3O. The molecule has 96 valence electrons. The molecular weight excluding hydrogens is 202 g/mol. The normalized spacial score (nSPS) is 24.6. The van der Waals surface area contributed by atoms with E-state index in [0.717, 1.165) is 45.7 Å². The van der Waals surface area contributed by atoms with Crippen molar-refractivity contribution in [1.82, 2.24) is 9.80 Å². The van der Waals surface area contributed by atoms with Gasteiger partial charge in [0.25, 0.3) is 0 Å².